The third-order valence-corrected chi connectivity index (χ3v) is 7.04. The Bertz CT molecular complexity index is 1660. The Morgan fingerprint density at radius 1 is 1.05 bits per heavy atom. The molecule has 5 rings (SSSR count). The van der Waals surface area contributed by atoms with Crippen molar-refractivity contribution >= 4 is 33.1 Å². The number of hydrogen-bond donors (Lipinski definition) is 2. The summed E-state index contributed by atoms with van der Waals surface area (Å²) in [5.74, 6) is -1.61. The van der Waals surface area contributed by atoms with Crippen molar-refractivity contribution in [2.45, 2.75) is 18.0 Å². The highest BCUT2D eigenvalue weighted by Gasteiger charge is 2.38. The number of anilines is 3. The van der Waals surface area contributed by atoms with Crippen molar-refractivity contribution in [3.63, 3.8) is 0 Å². The van der Waals surface area contributed by atoms with Gasteiger partial charge in [0.25, 0.3) is 0 Å². The molecule has 1 aliphatic heterocycles. The second-order valence-corrected chi connectivity index (χ2v) is 11.0. The molecule has 1 fully saturated rings. The number of sulfone groups is 1. The van der Waals surface area contributed by atoms with Crippen LogP contribution in [0.25, 0.3) is 16.9 Å². The van der Waals surface area contributed by atoms with E-state index in [1.807, 2.05) is 42.2 Å². The largest absolute Gasteiger partial charge is 0.490 e. The van der Waals surface area contributed by atoms with E-state index in [0.29, 0.717) is 54.4 Å². The van der Waals surface area contributed by atoms with Crippen molar-refractivity contribution in [3.8, 4) is 16.9 Å². The Morgan fingerprint density at radius 2 is 1.71 bits per heavy atom. The predicted molar refractivity (Wildman–Crippen MR) is 147 cm³/mol. The molecule has 1 saturated heterocycles. The van der Waals surface area contributed by atoms with Gasteiger partial charge in [0, 0.05) is 36.8 Å². The average molecular weight is 606 g/mol. The standard InChI is InChI=1S/C24H25N7O3S.C2HF3O2/c1-17-26-16-31(29-17)20-6-4-19(5-7-20)27-24-25-10-9-21(28-24)18-3-8-23(35(2,32)33)22(15-18)30-11-13-34-14-12-30;3-2(4,5)1(6)7/h3-10,15-16H,11-14H2,1-2H3,(H,25,27,28);(H,6,7). The number of morpholine rings is 1. The van der Waals surface area contributed by atoms with Crippen molar-refractivity contribution in [2.75, 3.05) is 42.8 Å². The average Bonchev–Trinajstić information content (AvgIpc) is 3.39. The topological polar surface area (TPSA) is 152 Å². The molecular weight excluding hydrogens is 579 g/mol. The zero-order valence-electron chi connectivity index (χ0n) is 22.4. The lowest BCUT2D eigenvalue weighted by atomic mass is 10.1. The summed E-state index contributed by atoms with van der Waals surface area (Å²) in [7, 11) is -3.39. The molecule has 16 heteroatoms. The summed E-state index contributed by atoms with van der Waals surface area (Å²) in [6, 6.07) is 14.8. The number of nitrogens with one attached hydrogen (secondary N) is 1. The van der Waals surface area contributed by atoms with E-state index >= 15 is 0 Å². The summed E-state index contributed by atoms with van der Waals surface area (Å²) < 4.78 is 63.7. The van der Waals surface area contributed by atoms with Gasteiger partial charge in [0.2, 0.25) is 5.95 Å². The van der Waals surface area contributed by atoms with Crippen LogP contribution in [0.4, 0.5) is 30.5 Å². The smallest absolute Gasteiger partial charge is 0.475 e. The molecule has 0 bridgehead atoms. The van der Waals surface area contributed by atoms with Gasteiger partial charge in [0.05, 0.1) is 35.2 Å². The molecule has 0 amide bonds. The molecule has 1 aliphatic rings. The van der Waals surface area contributed by atoms with E-state index in [1.165, 1.54) is 6.26 Å². The first-order valence-electron chi connectivity index (χ1n) is 12.4. The minimum Gasteiger partial charge on any atom is -0.475 e. The molecule has 0 radical (unpaired) electrons. The van der Waals surface area contributed by atoms with Crippen LogP contribution in [-0.2, 0) is 19.4 Å². The number of rotatable bonds is 6. The van der Waals surface area contributed by atoms with Crippen LogP contribution in [0.5, 0.6) is 0 Å². The molecule has 12 nitrogen and oxygen atoms in total. The van der Waals surface area contributed by atoms with Gasteiger partial charge in [0.1, 0.15) is 12.2 Å². The van der Waals surface area contributed by atoms with E-state index in [2.05, 4.69) is 25.4 Å². The van der Waals surface area contributed by atoms with Crippen LogP contribution in [0.3, 0.4) is 0 Å². The van der Waals surface area contributed by atoms with E-state index in [9.17, 15) is 21.6 Å². The van der Waals surface area contributed by atoms with Crippen LogP contribution in [0.1, 0.15) is 5.82 Å². The third-order valence-electron chi connectivity index (χ3n) is 5.90. The number of carbonyl (C=O) groups is 1. The molecule has 0 unspecified atom stereocenters. The number of carboxylic acid groups (broad SMARTS) is 1. The van der Waals surface area contributed by atoms with E-state index in [-0.39, 0.29) is 0 Å². The van der Waals surface area contributed by atoms with E-state index < -0.39 is 22.0 Å². The van der Waals surface area contributed by atoms with Crippen LogP contribution >= 0.6 is 0 Å². The quantitative estimate of drug-likeness (QED) is 0.331. The Hall–Kier alpha value is -4.57. The normalized spacial score (nSPS) is 13.7. The maximum absolute atomic E-state index is 12.4. The highest BCUT2D eigenvalue weighted by atomic mass is 32.2. The van der Waals surface area contributed by atoms with Gasteiger partial charge in [-0.2, -0.15) is 18.3 Å². The number of hydrogen-bond acceptors (Lipinski definition) is 10. The lowest BCUT2D eigenvalue weighted by molar-refractivity contribution is -0.192. The Kier molecular flexibility index (Phi) is 9.06. The van der Waals surface area contributed by atoms with Crippen LogP contribution in [0, 0.1) is 6.92 Å². The maximum Gasteiger partial charge on any atom is 0.490 e. The van der Waals surface area contributed by atoms with Gasteiger partial charge in [-0.25, -0.2) is 32.8 Å². The highest BCUT2D eigenvalue weighted by Crippen LogP contribution is 2.31. The SMILES string of the molecule is Cc1ncn(-c2ccc(Nc3nccc(-c4ccc(S(C)(=O)=O)c(N5CCOCC5)c4)n3)cc2)n1.O=C(O)C(F)(F)F. The fourth-order valence-electron chi connectivity index (χ4n) is 3.92. The lowest BCUT2D eigenvalue weighted by Crippen LogP contribution is -2.37. The molecule has 0 saturated carbocycles. The zero-order valence-corrected chi connectivity index (χ0v) is 23.2. The summed E-state index contributed by atoms with van der Waals surface area (Å²) in [5.41, 5.74) is 3.88. The first-order valence-corrected chi connectivity index (χ1v) is 14.3. The number of alkyl halides is 3. The minimum absolute atomic E-state index is 0.304. The van der Waals surface area contributed by atoms with Crippen LogP contribution < -0.4 is 10.2 Å². The monoisotopic (exact) mass is 605 g/mol. The first-order chi connectivity index (χ1) is 19.8. The van der Waals surface area contributed by atoms with Crippen molar-refractivity contribution in [2.24, 2.45) is 0 Å². The van der Waals surface area contributed by atoms with Gasteiger partial charge in [-0.3, -0.25) is 0 Å². The summed E-state index contributed by atoms with van der Waals surface area (Å²) >= 11 is 0. The van der Waals surface area contributed by atoms with Crippen LogP contribution in [0.15, 0.2) is 66.0 Å². The molecule has 222 valence electrons. The fraction of sp³-hybridized carbons (Fsp3) is 0.269. The van der Waals surface area contributed by atoms with E-state index in [0.717, 1.165) is 16.9 Å². The molecule has 0 atom stereocenters. The van der Waals surface area contributed by atoms with E-state index in [1.54, 1.807) is 35.4 Å². The summed E-state index contributed by atoms with van der Waals surface area (Å²) in [6.07, 6.45) is -0.505. The first kappa shape index (κ1) is 30.4. The number of ether oxygens (including phenoxy) is 1. The number of carboxylic acids is 1. The van der Waals surface area contributed by atoms with Gasteiger partial charge in [-0.05, 0) is 49.4 Å². The molecule has 4 aromatic rings. The number of benzene rings is 2. The second-order valence-electron chi connectivity index (χ2n) is 9.03. The number of aliphatic carboxylic acids is 1. The molecule has 2 aromatic carbocycles. The number of halogens is 3. The van der Waals surface area contributed by atoms with Crippen molar-refractivity contribution in [3.05, 3.63) is 66.9 Å². The summed E-state index contributed by atoms with van der Waals surface area (Å²) in [6.45, 7) is 4.23. The highest BCUT2D eigenvalue weighted by molar-refractivity contribution is 7.90. The molecule has 2 aromatic heterocycles. The lowest BCUT2D eigenvalue weighted by Gasteiger charge is -2.30. The fourth-order valence-corrected chi connectivity index (χ4v) is 4.80. The Balaban J connectivity index is 0.000000517. The second kappa shape index (κ2) is 12.5. The van der Waals surface area contributed by atoms with Crippen LogP contribution in [-0.4, -0.2) is 83.0 Å². The summed E-state index contributed by atoms with van der Waals surface area (Å²) in [5, 5.41) is 14.7. The molecule has 0 spiro atoms. The molecule has 42 heavy (non-hydrogen) atoms. The number of nitrogens with zero attached hydrogens (tertiary/aromatic N) is 6. The number of aryl methyl sites for hydroxylation is 1. The van der Waals surface area contributed by atoms with Gasteiger partial charge < -0.3 is 20.1 Å². The number of aromatic nitrogens is 5. The van der Waals surface area contributed by atoms with Gasteiger partial charge in [-0.1, -0.05) is 6.07 Å². The maximum atomic E-state index is 12.4. The van der Waals surface area contributed by atoms with Crippen molar-refractivity contribution in [1.82, 2.24) is 24.7 Å². The Labute approximate surface area is 238 Å². The molecule has 0 aliphatic carbocycles. The van der Waals surface area contributed by atoms with Crippen LogP contribution in [0.2, 0.25) is 0 Å². The van der Waals surface area contributed by atoms with Crippen molar-refractivity contribution in [1.29, 1.82) is 0 Å². The molecule has 2 N–H and O–H groups in total. The predicted octanol–water partition coefficient (Wildman–Crippen LogP) is 3.65. The van der Waals surface area contributed by atoms with Crippen molar-refractivity contribution < 1.29 is 36.2 Å². The third kappa shape index (κ3) is 7.79. The summed E-state index contributed by atoms with van der Waals surface area (Å²) in [4.78, 5) is 24.4. The Morgan fingerprint density at radius 3 is 2.29 bits per heavy atom. The minimum atomic E-state index is -5.08. The van der Waals surface area contributed by atoms with Gasteiger partial charge >= 0.3 is 12.1 Å². The van der Waals surface area contributed by atoms with Gasteiger partial charge in [0.15, 0.2) is 9.84 Å². The van der Waals surface area contributed by atoms with E-state index in [4.69, 9.17) is 14.6 Å². The molecule has 3 heterocycles. The van der Waals surface area contributed by atoms with Gasteiger partial charge in [-0.15, -0.1) is 0 Å². The molecular formula is C26H26F3N7O5S. The zero-order chi connectivity index (χ0) is 30.5.